The van der Waals surface area contributed by atoms with Crippen LogP contribution in [0.3, 0.4) is 0 Å². The molecule has 0 fully saturated rings. The molecular formula is C12H32MoN4. The van der Waals surface area contributed by atoms with Crippen LogP contribution >= 0.6 is 0 Å². The first kappa shape index (κ1) is 30.5. The van der Waals surface area contributed by atoms with Crippen molar-refractivity contribution in [3.05, 3.63) is 22.1 Å². The van der Waals surface area contributed by atoms with Crippen LogP contribution in [0.25, 0.3) is 22.1 Å². The van der Waals surface area contributed by atoms with Gasteiger partial charge in [-0.2, -0.15) is 28.2 Å². The van der Waals surface area contributed by atoms with Crippen molar-refractivity contribution in [1.29, 1.82) is 0 Å². The van der Waals surface area contributed by atoms with E-state index >= 15 is 0 Å². The molecule has 0 amide bonds. The minimum Gasteiger partial charge on any atom is -0.673 e. The smallest absolute Gasteiger partial charge is 0.673 e. The van der Waals surface area contributed by atoms with Gasteiger partial charge in [-0.15, -0.1) is 11.1 Å². The largest absolute Gasteiger partial charge is 4.00 e. The van der Waals surface area contributed by atoms with Crippen molar-refractivity contribution in [3.8, 4) is 0 Å². The average Bonchev–Trinajstić information content (AvgIpc) is 1.79. The van der Waals surface area contributed by atoms with E-state index in [9.17, 15) is 0 Å². The zero-order chi connectivity index (χ0) is 14.4. The third-order valence-electron chi connectivity index (χ3n) is 0. The van der Waals surface area contributed by atoms with Crippen molar-refractivity contribution < 1.29 is 21.1 Å². The van der Waals surface area contributed by atoms with Crippen molar-refractivity contribution in [2.75, 3.05) is 28.2 Å². The Morgan fingerprint density at radius 2 is 0.588 bits per heavy atom. The van der Waals surface area contributed by atoms with E-state index in [0.717, 1.165) is 0 Å². The molecule has 0 rings (SSSR count). The molecule has 0 aliphatic carbocycles. The molecule has 4 nitrogen and oxygen atoms in total. The summed E-state index contributed by atoms with van der Waals surface area (Å²) in [4.78, 5) is 0. The fourth-order valence-corrected chi connectivity index (χ4v) is 0. The topological polar surface area (TPSA) is 75.8 Å². The van der Waals surface area contributed by atoms with Gasteiger partial charge in [-0.1, -0.05) is 41.5 Å². The van der Waals surface area contributed by atoms with Crippen LogP contribution in [0.4, 0.5) is 0 Å². The molecule has 0 aromatic heterocycles. The van der Waals surface area contributed by atoms with E-state index in [0.29, 0.717) is 0 Å². The standard InChI is InChI=1S/2C4H10N.2C2H6N.Mo/c2*1-4(2,3)5;2*1-3-2;/h2*5H,1-3H3;2*1-2H3;/q4*-1;+4. The van der Waals surface area contributed by atoms with E-state index < -0.39 is 0 Å². The first-order valence-electron chi connectivity index (χ1n) is 5.29. The molecule has 106 valence electrons. The van der Waals surface area contributed by atoms with Crippen LogP contribution in [-0.2, 0) is 21.1 Å². The summed E-state index contributed by atoms with van der Waals surface area (Å²) >= 11 is 0. The van der Waals surface area contributed by atoms with Crippen LogP contribution in [0, 0.1) is 0 Å². The second-order valence-corrected chi connectivity index (χ2v) is 5.39. The summed E-state index contributed by atoms with van der Waals surface area (Å²) < 4.78 is 0. The molecule has 0 bridgehead atoms. The van der Waals surface area contributed by atoms with Gasteiger partial charge < -0.3 is 22.1 Å². The van der Waals surface area contributed by atoms with Crippen LogP contribution in [0.2, 0.25) is 0 Å². The summed E-state index contributed by atoms with van der Waals surface area (Å²) in [5.74, 6) is 0. The fraction of sp³-hybridized carbons (Fsp3) is 1.00. The van der Waals surface area contributed by atoms with Crippen molar-refractivity contribution in [2.24, 2.45) is 0 Å². The molecule has 17 heavy (non-hydrogen) atoms. The summed E-state index contributed by atoms with van der Waals surface area (Å²) in [7, 11) is 7.00. The Morgan fingerprint density at radius 1 is 0.588 bits per heavy atom. The molecule has 5 heteroatoms. The minimum absolute atomic E-state index is 0. The molecule has 0 atom stereocenters. The SMILES string of the molecule is CC(C)(C)[NH-].CC(C)(C)[NH-].C[N-]C.C[N-]C.[Mo+4]. The maximum atomic E-state index is 6.94. The predicted octanol–water partition coefficient (Wildman–Crippen LogP) is 4.91. The molecule has 0 aromatic carbocycles. The number of nitrogens with one attached hydrogen (secondary N) is 2. The molecule has 0 aliphatic heterocycles. The molecule has 0 unspecified atom stereocenters. The van der Waals surface area contributed by atoms with Gasteiger partial charge in [0, 0.05) is 0 Å². The Kier molecular flexibility index (Phi) is 33.9. The maximum absolute atomic E-state index is 6.94. The van der Waals surface area contributed by atoms with Crippen LogP contribution in [0.5, 0.6) is 0 Å². The van der Waals surface area contributed by atoms with Crippen molar-refractivity contribution in [3.63, 3.8) is 0 Å². The van der Waals surface area contributed by atoms with Gasteiger partial charge in [-0.25, -0.2) is 0 Å². The molecular weight excluding hydrogens is 296 g/mol. The van der Waals surface area contributed by atoms with Crippen molar-refractivity contribution in [1.82, 2.24) is 0 Å². The summed E-state index contributed by atoms with van der Waals surface area (Å²) in [5.41, 5.74) is 13.4. The Hall–Kier alpha value is 0.528. The molecule has 0 radical (unpaired) electrons. The monoisotopic (exact) mass is 330 g/mol. The molecule has 0 aliphatic rings. The van der Waals surface area contributed by atoms with E-state index in [1.165, 1.54) is 0 Å². The van der Waals surface area contributed by atoms with E-state index in [-0.39, 0.29) is 32.1 Å². The third-order valence-corrected chi connectivity index (χ3v) is 0. The van der Waals surface area contributed by atoms with Gasteiger partial charge in [0.15, 0.2) is 0 Å². The summed E-state index contributed by atoms with van der Waals surface area (Å²) in [6, 6.07) is 0. The van der Waals surface area contributed by atoms with Gasteiger partial charge in [-0.3, -0.25) is 0 Å². The van der Waals surface area contributed by atoms with E-state index in [4.69, 9.17) is 11.5 Å². The summed E-state index contributed by atoms with van der Waals surface area (Å²) in [6.07, 6.45) is 0. The Labute approximate surface area is 124 Å². The Bertz CT molecular complexity index is 80.1. The molecule has 0 saturated carbocycles. The maximum Gasteiger partial charge on any atom is 4.00 e. The minimum atomic E-state index is -0.250. The van der Waals surface area contributed by atoms with E-state index in [1.54, 1.807) is 28.2 Å². The van der Waals surface area contributed by atoms with Crippen LogP contribution in [-0.4, -0.2) is 39.3 Å². The molecule has 0 heterocycles. The van der Waals surface area contributed by atoms with Gasteiger partial charge in [0.05, 0.1) is 0 Å². The van der Waals surface area contributed by atoms with Gasteiger partial charge in [0.25, 0.3) is 0 Å². The predicted molar refractivity (Wildman–Crippen MR) is 78.6 cm³/mol. The van der Waals surface area contributed by atoms with Gasteiger partial charge in [-0.05, 0) is 0 Å². The quantitative estimate of drug-likeness (QED) is 0.567. The first-order valence-corrected chi connectivity index (χ1v) is 5.29. The van der Waals surface area contributed by atoms with Crippen LogP contribution in [0.1, 0.15) is 41.5 Å². The molecule has 2 N–H and O–H groups in total. The normalized spacial score (nSPS) is 9.18. The fourth-order valence-electron chi connectivity index (χ4n) is 0. The first-order chi connectivity index (χ1) is 6.83. The van der Waals surface area contributed by atoms with Crippen LogP contribution < -0.4 is 0 Å². The second-order valence-electron chi connectivity index (χ2n) is 5.39. The number of hydrogen-bond donors (Lipinski definition) is 0. The second kappa shape index (κ2) is 18.9. The number of hydrogen-bond acceptors (Lipinski definition) is 0. The van der Waals surface area contributed by atoms with Gasteiger partial charge in [0.1, 0.15) is 0 Å². The van der Waals surface area contributed by atoms with Gasteiger partial charge >= 0.3 is 21.1 Å². The zero-order valence-corrected chi connectivity index (χ0v) is 15.3. The van der Waals surface area contributed by atoms with Crippen LogP contribution in [0.15, 0.2) is 0 Å². The average molecular weight is 328 g/mol. The van der Waals surface area contributed by atoms with E-state index in [1.807, 2.05) is 41.5 Å². The Balaban J connectivity index is -0.0000000381. The summed E-state index contributed by atoms with van der Waals surface area (Å²) in [5, 5.41) is 7.00. The summed E-state index contributed by atoms with van der Waals surface area (Å²) in [6.45, 7) is 11.1. The Morgan fingerprint density at radius 3 is 0.588 bits per heavy atom. The molecule has 0 aromatic rings. The third kappa shape index (κ3) is 12500. The number of nitrogens with zero attached hydrogens (tertiary/aromatic N) is 2. The van der Waals surface area contributed by atoms with Crippen molar-refractivity contribution in [2.45, 2.75) is 52.6 Å². The van der Waals surface area contributed by atoms with Gasteiger partial charge in [0.2, 0.25) is 0 Å². The number of rotatable bonds is 0. The van der Waals surface area contributed by atoms with Crippen molar-refractivity contribution >= 4 is 0 Å². The molecule has 0 spiro atoms. The zero-order valence-electron chi connectivity index (χ0n) is 13.3. The van der Waals surface area contributed by atoms with E-state index in [2.05, 4.69) is 10.6 Å². The molecule has 0 saturated heterocycles.